The van der Waals surface area contributed by atoms with Crippen LogP contribution in [0.15, 0.2) is 60.8 Å². The van der Waals surface area contributed by atoms with Gasteiger partial charge in [-0.2, -0.15) is 0 Å². The summed E-state index contributed by atoms with van der Waals surface area (Å²) in [6.45, 7) is 1.96. The Kier molecular flexibility index (Phi) is 4.95. The smallest absolute Gasteiger partial charge is 0.258 e. The molecule has 1 amide bonds. The molecule has 0 atom stereocenters. The van der Waals surface area contributed by atoms with E-state index < -0.39 is 11.7 Å². The minimum atomic E-state index is -0.567. The van der Waals surface area contributed by atoms with E-state index in [0.29, 0.717) is 16.5 Å². The second-order valence-corrected chi connectivity index (χ2v) is 5.89. The van der Waals surface area contributed by atoms with Crippen molar-refractivity contribution in [1.82, 2.24) is 4.98 Å². The van der Waals surface area contributed by atoms with Crippen LogP contribution in [0, 0.1) is 12.7 Å². The van der Waals surface area contributed by atoms with Crippen LogP contribution in [-0.2, 0) is 0 Å². The molecule has 4 nitrogen and oxygen atoms in total. The van der Waals surface area contributed by atoms with E-state index in [0.717, 1.165) is 11.3 Å². The van der Waals surface area contributed by atoms with Gasteiger partial charge in [-0.25, -0.2) is 9.37 Å². The van der Waals surface area contributed by atoms with E-state index in [1.807, 2.05) is 25.1 Å². The SMILES string of the molecule is Cc1ccc(Cl)cc1Nc1ccc(NC(=O)c2ccccc2F)cn1. The van der Waals surface area contributed by atoms with Crippen LogP contribution in [0.2, 0.25) is 5.02 Å². The number of aromatic nitrogens is 1. The third-order valence-electron chi connectivity index (χ3n) is 3.60. The lowest BCUT2D eigenvalue weighted by molar-refractivity contribution is 0.102. The van der Waals surface area contributed by atoms with Gasteiger partial charge in [0.25, 0.3) is 5.91 Å². The standard InChI is InChI=1S/C19H15ClFN3O/c1-12-6-7-13(20)10-17(12)24-18-9-8-14(11-22-18)23-19(25)15-4-2-3-5-16(15)21/h2-11H,1H3,(H,22,24)(H,23,25). The molecular weight excluding hydrogens is 341 g/mol. The molecule has 0 fully saturated rings. The van der Waals surface area contributed by atoms with Crippen LogP contribution < -0.4 is 10.6 Å². The number of carbonyl (C=O) groups excluding carboxylic acids is 1. The molecule has 0 aliphatic rings. The van der Waals surface area contributed by atoms with E-state index in [1.165, 1.54) is 24.4 Å². The fourth-order valence-electron chi connectivity index (χ4n) is 2.25. The molecule has 126 valence electrons. The van der Waals surface area contributed by atoms with Crippen molar-refractivity contribution in [1.29, 1.82) is 0 Å². The third kappa shape index (κ3) is 4.14. The average molecular weight is 356 g/mol. The van der Waals surface area contributed by atoms with E-state index in [4.69, 9.17) is 11.6 Å². The molecule has 3 rings (SSSR count). The second kappa shape index (κ2) is 7.32. The quantitative estimate of drug-likeness (QED) is 0.678. The van der Waals surface area contributed by atoms with Crippen LogP contribution in [0.3, 0.4) is 0 Å². The Hall–Kier alpha value is -2.92. The molecule has 2 N–H and O–H groups in total. The molecule has 0 aliphatic carbocycles. The molecule has 1 aromatic heterocycles. The zero-order valence-electron chi connectivity index (χ0n) is 13.4. The van der Waals surface area contributed by atoms with E-state index in [-0.39, 0.29) is 5.56 Å². The number of aryl methyl sites for hydroxylation is 1. The highest BCUT2D eigenvalue weighted by Gasteiger charge is 2.11. The second-order valence-electron chi connectivity index (χ2n) is 5.45. The van der Waals surface area contributed by atoms with Gasteiger partial charge in [0.1, 0.15) is 11.6 Å². The molecule has 0 saturated heterocycles. The van der Waals surface area contributed by atoms with Gasteiger partial charge in [0.2, 0.25) is 0 Å². The van der Waals surface area contributed by atoms with Crippen LogP contribution in [0.5, 0.6) is 0 Å². The summed E-state index contributed by atoms with van der Waals surface area (Å²) in [5.41, 5.74) is 2.34. The number of hydrogen-bond acceptors (Lipinski definition) is 3. The maximum atomic E-state index is 13.6. The molecule has 0 unspecified atom stereocenters. The summed E-state index contributed by atoms with van der Waals surface area (Å²) in [5.74, 6) is -0.483. The highest BCUT2D eigenvalue weighted by Crippen LogP contribution is 2.23. The van der Waals surface area contributed by atoms with Crippen LogP contribution in [0.4, 0.5) is 21.6 Å². The van der Waals surface area contributed by atoms with Crippen molar-refractivity contribution in [2.75, 3.05) is 10.6 Å². The number of rotatable bonds is 4. The maximum Gasteiger partial charge on any atom is 0.258 e. The van der Waals surface area contributed by atoms with Gasteiger partial charge in [-0.05, 0) is 48.9 Å². The average Bonchev–Trinajstić information content (AvgIpc) is 2.60. The summed E-state index contributed by atoms with van der Waals surface area (Å²) in [6.07, 6.45) is 1.50. The Labute approximate surface area is 149 Å². The van der Waals surface area contributed by atoms with Gasteiger partial charge in [-0.3, -0.25) is 4.79 Å². The minimum absolute atomic E-state index is 0.0146. The molecule has 6 heteroatoms. The van der Waals surface area contributed by atoms with Crippen molar-refractivity contribution in [2.24, 2.45) is 0 Å². The number of nitrogens with zero attached hydrogens (tertiary/aromatic N) is 1. The molecule has 0 radical (unpaired) electrons. The molecule has 0 spiro atoms. The van der Waals surface area contributed by atoms with Crippen LogP contribution >= 0.6 is 11.6 Å². The number of hydrogen-bond donors (Lipinski definition) is 2. The Morgan fingerprint density at radius 2 is 1.92 bits per heavy atom. The van der Waals surface area contributed by atoms with Crippen LogP contribution in [0.1, 0.15) is 15.9 Å². The topological polar surface area (TPSA) is 54.0 Å². The molecular formula is C19H15ClFN3O. The number of carbonyl (C=O) groups is 1. The lowest BCUT2D eigenvalue weighted by Gasteiger charge is -2.10. The molecule has 0 bridgehead atoms. The number of pyridine rings is 1. The highest BCUT2D eigenvalue weighted by molar-refractivity contribution is 6.30. The minimum Gasteiger partial charge on any atom is -0.340 e. The van der Waals surface area contributed by atoms with Gasteiger partial charge >= 0.3 is 0 Å². The first kappa shape index (κ1) is 16.9. The predicted molar refractivity (Wildman–Crippen MR) is 98.1 cm³/mol. The van der Waals surface area contributed by atoms with Gasteiger partial charge in [-0.1, -0.05) is 29.8 Å². The lowest BCUT2D eigenvalue weighted by Crippen LogP contribution is -2.13. The van der Waals surface area contributed by atoms with Crippen molar-refractivity contribution < 1.29 is 9.18 Å². The van der Waals surface area contributed by atoms with Gasteiger partial charge in [0.05, 0.1) is 17.4 Å². The lowest BCUT2D eigenvalue weighted by atomic mass is 10.2. The molecule has 0 aliphatic heterocycles. The first-order valence-corrected chi connectivity index (χ1v) is 7.96. The Bertz CT molecular complexity index is 913. The van der Waals surface area contributed by atoms with Gasteiger partial charge in [0.15, 0.2) is 0 Å². The highest BCUT2D eigenvalue weighted by atomic mass is 35.5. The van der Waals surface area contributed by atoms with Crippen molar-refractivity contribution >= 4 is 34.7 Å². The van der Waals surface area contributed by atoms with E-state index in [9.17, 15) is 9.18 Å². The van der Waals surface area contributed by atoms with Gasteiger partial charge in [0, 0.05) is 10.7 Å². The predicted octanol–water partition coefficient (Wildman–Crippen LogP) is 5.18. The molecule has 1 heterocycles. The fourth-order valence-corrected chi connectivity index (χ4v) is 2.42. The first-order valence-electron chi connectivity index (χ1n) is 7.58. The number of benzene rings is 2. The van der Waals surface area contributed by atoms with Crippen LogP contribution in [-0.4, -0.2) is 10.9 Å². The zero-order chi connectivity index (χ0) is 17.8. The summed E-state index contributed by atoms with van der Waals surface area (Å²) >= 11 is 6.00. The van der Waals surface area contributed by atoms with Gasteiger partial charge < -0.3 is 10.6 Å². The molecule has 2 aromatic carbocycles. The first-order chi connectivity index (χ1) is 12.0. The Balaban J connectivity index is 1.71. The van der Waals surface area contributed by atoms with Crippen molar-refractivity contribution in [3.63, 3.8) is 0 Å². The molecule has 3 aromatic rings. The monoisotopic (exact) mass is 355 g/mol. The number of halogens is 2. The van der Waals surface area contributed by atoms with E-state index in [1.54, 1.807) is 18.2 Å². The largest absolute Gasteiger partial charge is 0.340 e. The number of anilines is 3. The third-order valence-corrected chi connectivity index (χ3v) is 3.84. The maximum absolute atomic E-state index is 13.6. The summed E-state index contributed by atoms with van der Waals surface area (Å²) in [5, 5.41) is 6.41. The van der Waals surface area contributed by atoms with Gasteiger partial charge in [-0.15, -0.1) is 0 Å². The Morgan fingerprint density at radius 3 is 2.64 bits per heavy atom. The fraction of sp³-hybridized carbons (Fsp3) is 0.0526. The van der Waals surface area contributed by atoms with E-state index >= 15 is 0 Å². The number of nitrogens with one attached hydrogen (secondary N) is 2. The summed E-state index contributed by atoms with van der Waals surface area (Å²) < 4.78 is 13.6. The normalized spacial score (nSPS) is 10.4. The van der Waals surface area contributed by atoms with Crippen LogP contribution in [0.25, 0.3) is 0 Å². The van der Waals surface area contributed by atoms with Crippen molar-refractivity contribution in [3.8, 4) is 0 Å². The molecule has 0 saturated carbocycles. The summed E-state index contributed by atoms with van der Waals surface area (Å²) in [7, 11) is 0. The number of amides is 1. The zero-order valence-corrected chi connectivity index (χ0v) is 14.1. The van der Waals surface area contributed by atoms with Crippen molar-refractivity contribution in [3.05, 3.63) is 82.8 Å². The van der Waals surface area contributed by atoms with E-state index in [2.05, 4.69) is 15.6 Å². The van der Waals surface area contributed by atoms with Crippen molar-refractivity contribution in [2.45, 2.75) is 6.92 Å². The Morgan fingerprint density at radius 1 is 1.12 bits per heavy atom. The summed E-state index contributed by atoms with van der Waals surface area (Å²) in [4.78, 5) is 16.3. The molecule has 25 heavy (non-hydrogen) atoms. The summed E-state index contributed by atoms with van der Waals surface area (Å²) in [6, 6.07) is 14.8.